The van der Waals surface area contributed by atoms with Crippen molar-refractivity contribution in [2.24, 2.45) is 5.73 Å². The van der Waals surface area contributed by atoms with Gasteiger partial charge in [0.25, 0.3) is 0 Å². The largest absolute Gasteiger partial charge is 0.402 e. The van der Waals surface area contributed by atoms with Crippen molar-refractivity contribution in [3.05, 3.63) is 11.3 Å². The molecule has 0 amide bonds. The fourth-order valence-electron chi connectivity index (χ4n) is 3.14. The van der Waals surface area contributed by atoms with Crippen LogP contribution in [0, 0.1) is 0 Å². The highest BCUT2D eigenvalue weighted by atomic mass is 16.1. The molecule has 142 valence electrons. The first kappa shape index (κ1) is 23.2. The zero-order chi connectivity index (χ0) is 17.9. The molecular formula is C22H43NO. The number of hydrogen-bond acceptors (Lipinski definition) is 2. The van der Waals surface area contributed by atoms with Gasteiger partial charge in [-0.15, -0.1) is 0 Å². The monoisotopic (exact) mass is 337 g/mol. The summed E-state index contributed by atoms with van der Waals surface area (Å²) in [6.45, 7) is 4.08. The van der Waals surface area contributed by atoms with Crippen LogP contribution in [0.5, 0.6) is 0 Å². The van der Waals surface area contributed by atoms with E-state index in [-0.39, 0.29) is 0 Å². The lowest BCUT2D eigenvalue weighted by Gasteiger charge is -2.04. The Morgan fingerprint density at radius 1 is 0.667 bits per heavy atom. The first-order valence-electron chi connectivity index (χ1n) is 10.6. The van der Waals surface area contributed by atoms with E-state index in [1.165, 1.54) is 96.3 Å². The predicted octanol–water partition coefficient (Wildman–Crippen LogP) is 7.07. The van der Waals surface area contributed by atoms with Crippen molar-refractivity contribution < 1.29 is 4.79 Å². The highest BCUT2D eigenvalue weighted by Crippen LogP contribution is 2.14. The third-order valence-corrected chi connectivity index (χ3v) is 4.98. The minimum atomic E-state index is 0.705. The van der Waals surface area contributed by atoms with Crippen molar-refractivity contribution in [3.63, 3.8) is 0 Å². The maximum absolute atomic E-state index is 10.6. The van der Waals surface area contributed by atoms with Gasteiger partial charge in [0.2, 0.25) is 0 Å². The maximum atomic E-state index is 10.6. The normalized spacial score (nSPS) is 12.2. The molecule has 0 saturated heterocycles. The lowest BCUT2D eigenvalue weighted by Crippen LogP contribution is -2.01. The molecule has 0 radical (unpaired) electrons. The van der Waals surface area contributed by atoms with Crippen LogP contribution in [-0.2, 0) is 4.79 Å². The maximum Gasteiger partial charge on any atom is 0.147 e. The third kappa shape index (κ3) is 16.1. The zero-order valence-corrected chi connectivity index (χ0v) is 16.6. The highest BCUT2D eigenvalue weighted by molar-refractivity contribution is 5.73. The van der Waals surface area contributed by atoms with Gasteiger partial charge in [0.05, 0.1) is 0 Å². The average molecular weight is 338 g/mol. The number of aldehydes is 1. The smallest absolute Gasteiger partial charge is 0.147 e. The molecule has 0 atom stereocenters. The second kappa shape index (κ2) is 18.5. The molecule has 0 spiro atoms. The molecule has 0 bridgehead atoms. The van der Waals surface area contributed by atoms with Crippen molar-refractivity contribution >= 4 is 6.29 Å². The summed E-state index contributed by atoms with van der Waals surface area (Å²) in [7, 11) is 0. The van der Waals surface area contributed by atoms with Crippen LogP contribution in [0.4, 0.5) is 0 Å². The van der Waals surface area contributed by atoms with Crippen molar-refractivity contribution in [3.8, 4) is 0 Å². The van der Waals surface area contributed by atoms with E-state index >= 15 is 0 Å². The number of rotatable bonds is 18. The Morgan fingerprint density at radius 2 is 1.00 bits per heavy atom. The molecule has 2 nitrogen and oxygen atoms in total. The SMILES string of the molecule is CCCCCCCCCCCCCCCCCCC(N)=C(C)C=O. The Labute approximate surface area is 151 Å². The zero-order valence-electron chi connectivity index (χ0n) is 16.6. The Balaban J connectivity index is 3.14. The van der Waals surface area contributed by atoms with Crippen LogP contribution >= 0.6 is 0 Å². The second-order valence-corrected chi connectivity index (χ2v) is 7.38. The quantitative estimate of drug-likeness (QED) is 0.165. The lowest BCUT2D eigenvalue weighted by molar-refractivity contribution is -0.104. The van der Waals surface area contributed by atoms with Gasteiger partial charge in [-0.3, -0.25) is 4.79 Å². The van der Waals surface area contributed by atoms with Crippen LogP contribution in [0.15, 0.2) is 11.3 Å². The number of nitrogens with two attached hydrogens (primary N) is 1. The van der Waals surface area contributed by atoms with Gasteiger partial charge in [0.1, 0.15) is 6.29 Å². The van der Waals surface area contributed by atoms with Gasteiger partial charge in [0.15, 0.2) is 0 Å². The highest BCUT2D eigenvalue weighted by Gasteiger charge is 1.98. The summed E-state index contributed by atoms with van der Waals surface area (Å²) in [4.78, 5) is 10.6. The minimum absolute atomic E-state index is 0.705. The molecule has 0 aromatic heterocycles. The van der Waals surface area contributed by atoms with Crippen LogP contribution in [0.2, 0.25) is 0 Å². The van der Waals surface area contributed by atoms with Crippen LogP contribution in [0.25, 0.3) is 0 Å². The summed E-state index contributed by atoms with van der Waals surface area (Å²) in [6, 6.07) is 0. The van der Waals surface area contributed by atoms with E-state index in [2.05, 4.69) is 6.92 Å². The number of unbranched alkanes of at least 4 members (excludes halogenated alkanes) is 15. The first-order valence-corrected chi connectivity index (χ1v) is 10.6. The summed E-state index contributed by atoms with van der Waals surface area (Å²) in [5.41, 5.74) is 7.31. The van der Waals surface area contributed by atoms with Crippen molar-refractivity contribution in [1.29, 1.82) is 0 Å². The van der Waals surface area contributed by atoms with E-state index in [1.807, 2.05) is 0 Å². The molecule has 0 saturated carbocycles. The van der Waals surface area contributed by atoms with Gasteiger partial charge in [-0.25, -0.2) is 0 Å². The molecule has 0 fully saturated rings. The van der Waals surface area contributed by atoms with E-state index in [0.717, 1.165) is 24.8 Å². The molecule has 0 rings (SSSR count). The summed E-state index contributed by atoms with van der Waals surface area (Å²) in [5.74, 6) is 0. The summed E-state index contributed by atoms with van der Waals surface area (Å²) in [5, 5.41) is 0. The molecular weight excluding hydrogens is 294 g/mol. The third-order valence-electron chi connectivity index (χ3n) is 4.98. The fourth-order valence-corrected chi connectivity index (χ4v) is 3.14. The fraction of sp³-hybridized carbons (Fsp3) is 0.864. The van der Waals surface area contributed by atoms with Gasteiger partial charge in [0, 0.05) is 11.3 Å². The molecule has 2 heteroatoms. The summed E-state index contributed by atoms with van der Waals surface area (Å²) < 4.78 is 0. The molecule has 24 heavy (non-hydrogen) atoms. The van der Waals surface area contributed by atoms with Gasteiger partial charge in [-0.05, 0) is 19.8 Å². The van der Waals surface area contributed by atoms with E-state index in [0.29, 0.717) is 5.57 Å². The van der Waals surface area contributed by atoms with E-state index in [9.17, 15) is 4.79 Å². The van der Waals surface area contributed by atoms with Crippen LogP contribution in [0.3, 0.4) is 0 Å². The Morgan fingerprint density at radius 3 is 1.33 bits per heavy atom. The number of hydrogen-bond donors (Lipinski definition) is 1. The number of carbonyl (C=O) groups is 1. The molecule has 2 N–H and O–H groups in total. The van der Waals surface area contributed by atoms with Gasteiger partial charge in [-0.2, -0.15) is 0 Å². The van der Waals surface area contributed by atoms with Crippen LogP contribution in [0.1, 0.15) is 123 Å². The van der Waals surface area contributed by atoms with Crippen LogP contribution < -0.4 is 5.73 Å². The topological polar surface area (TPSA) is 43.1 Å². The molecule has 0 aliphatic heterocycles. The molecule has 0 aromatic carbocycles. The van der Waals surface area contributed by atoms with Gasteiger partial charge in [-0.1, -0.05) is 103 Å². The Kier molecular flexibility index (Phi) is 17.9. The van der Waals surface area contributed by atoms with Gasteiger partial charge >= 0.3 is 0 Å². The molecule has 0 unspecified atom stereocenters. The summed E-state index contributed by atoms with van der Waals surface area (Å²) >= 11 is 0. The first-order chi connectivity index (χ1) is 11.7. The minimum Gasteiger partial charge on any atom is -0.402 e. The Bertz CT molecular complexity index is 309. The standard InChI is InChI=1S/C22H43NO/c1-3-4-5-6-7-8-9-10-11-12-13-14-15-16-17-18-19-22(23)21(2)20-24/h20H,3-19,23H2,1-2H3. The molecule has 0 aliphatic carbocycles. The molecule has 0 heterocycles. The molecule has 0 aliphatic rings. The second-order valence-electron chi connectivity index (χ2n) is 7.38. The van der Waals surface area contributed by atoms with E-state index in [1.54, 1.807) is 6.92 Å². The van der Waals surface area contributed by atoms with Gasteiger partial charge < -0.3 is 5.73 Å². The van der Waals surface area contributed by atoms with E-state index in [4.69, 9.17) is 5.73 Å². The van der Waals surface area contributed by atoms with Crippen molar-refractivity contribution in [2.75, 3.05) is 0 Å². The Hall–Kier alpha value is -0.790. The van der Waals surface area contributed by atoms with Crippen LogP contribution in [-0.4, -0.2) is 6.29 Å². The molecule has 0 aromatic rings. The average Bonchev–Trinajstić information content (AvgIpc) is 2.60. The predicted molar refractivity (Wildman–Crippen MR) is 107 cm³/mol. The van der Waals surface area contributed by atoms with Crippen molar-refractivity contribution in [2.45, 2.75) is 123 Å². The lowest BCUT2D eigenvalue weighted by atomic mass is 10.0. The summed E-state index contributed by atoms with van der Waals surface area (Å²) in [6.07, 6.45) is 23.9. The number of carbonyl (C=O) groups excluding carboxylic acids is 1. The van der Waals surface area contributed by atoms with Crippen molar-refractivity contribution in [1.82, 2.24) is 0 Å². The van der Waals surface area contributed by atoms with E-state index < -0.39 is 0 Å². The number of allylic oxidation sites excluding steroid dienone is 2.